The van der Waals surface area contributed by atoms with E-state index in [2.05, 4.69) is 10.2 Å². The first kappa shape index (κ1) is 13.5. The predicted molar refractivity (Wildman–Crippen MR) is 69.1 cm³/mol. The van der Waals surface area contributed by atoms with E-state index in [-0.39, 0.29) is 5.89 Å². The van der Waals surface area contributed by atoms with E-state index >= 15 is 0 Å². The summed E-state index contributed by atoms with van der Waals surface area (Å²) in [7, 11) is 0. The molecule has 0 saturated carbocycles. The summed E-state index contributed by atoms with van der Waals surface area (Å²) in [6.07, 6.45) is -0.620. The summed E-state index contributed by atoms with van der Waals surface area (Å²) in [5.41, 5.74) is 1.14. The number of halogens is 1. The first-order chi connectivity index (χ1) is 8.99. The topological polar surface area (TPSA) is 65.2 Å². The van der Waals surface area contributed by atoms with Gasteiger partial charge in [-0.25, -0.2) is 4.79 Å². The number of nitrogens with zero attached hydrogens (tertiary/aromatic N) is 2. The van der Waals surface area contributed by atoms with Crippen LogP contribution in [0.25, 0.3) is 0 Å². The van der Waals surface area contributed by atoms with Gasteiger partial charge >= 0.3 is 5.97 Å². The molecule has 100 valence electrons. The van der Waals surface area contributed by atoms with E-state index in [1.54, 1.807) is 26.0 Å². The normalized spacial score (nSPS) is 12.2. The van der Waals surface area contributed by atoms with E-state index in [9.17, 15) is 4.79 Å². The SMILES string of the molecule is Cc1nnc([C@H](C)OC(=O)c2cccc(C)c2Cl)o1. The van der Waals surface area contributed by atoms with Gasteiger partial charge < -0.3 is 9.15 Å². The minimum absolute atomic E-state index is 0.259. The number of esters is 1. The molecular weight excluding hydrogens is 268 g/mol. The molecule has 0 amide bonds. The quantitative estimate of drug-likeness (QED) is 0.808. The molecule has 0 radical (unpaired) electrons. The van der Waals surface area contributed by atoms with Gasteiger partial charge in [0, 0.05) is 6.92 Å². The summed E-state index contributed by atoms with van der Waals surface area (Å²) < 4.78 is 10.5. The van der Waals surface area contributed by atoms with E-state index in [0.29, 0.717) is 16.5 Å². The number of ether oxygens (including phenoxy) is 1. The first-order valence-corrected chi connectivity index (χ1v) is 6.13. The first-order valence-electron chi connectivity index (χ1n) is 5.75. The molecule has 0 bridgehead atoms. The highest BCUT2D eigenvalue weighted by molar-refractivity contribution is 6.34. The van der Waals surface area contributed by atoms with Gasteiger partial charge in [-0.2, -0.15) is 0 Å². The molecule has 1 atom stereocenters. The Balaban J connectivity index is 2.15. The van der Waals surface area contributed by atoms with Crippen molar-refractivity contribution >= 4 is 17.6 Å². The lowest BCUT2D eigenvalue weighted by atomic mass is 10.1. The number of carbonyl (C=O) groups is 1. The monoisotopic (exact) mass is 280 g/mol. The van der Waals surface area contributed by atoms with Crippen LogP contribution in [-0.4, -0.2) is 16.2 Å². The number of rotatable bonds is 3. The minimum atomic E-state index is -0.620. The molecule has 1 aromatic heterocycles. The fourth-order valence-electron chi connectivity index (χ4n) is 1.56. The number of hydrogen-bond acceptors (Lipinski definition) is 5. The van der Waals surface area contributed by atoms with E-state index in [1.165, 1.54) is 0 Å². The second kappa shape index (κ2) is 5.40. The molecule has 2 rings (SSSR count). The fraction of sp³-hybridized carbons (Fsp3) is 0.308. The molecule has 0 spiro atoms. The highest BCUT2D eigenvalue weighted by Crippen LogP contribution is 2.23. The van der Waals surface area contributed by atoms with Crippen LogP contribution in [0.4, 0.5) is 0 Å². The fourth-order valence-corrected chi connectivity index (χ4v) is 1.76. The molecule has 19 heavy (non-hydrogen) atoms. The van der Waals surface area contributed by atoms with Crippen molar-refractivity contribution in [2.45, 2.75) is 26.9 Å². The molecular formula is C13H13ClN2O3. The summed E-state index contributed by atoms with van der Waals surface area (Å²) in [6.45, 7) is 5.15. The molecule has 0 fully saturated rings. The van der Waals surface area contributed by atoms with Crippen molar-refractivity contribution in [3.63, 3.8) is 0 Å². The Labute approximate surface area is 115 Å². The van der Waals surface area contributed by atoms with Gasteiger partial charge in [-0.3, -0.25) is 0 Å². The maximum atomic E-state index is 12.0. The van der Waals surface area contributed by atoms with Crippen molar-refractivity contribution in [2.24, 2.45) is 0 Å². The van der Waals surface area contributed by atoms with Crippen LogP contribution in [-0.2, 0) is 4.74 Å². The summed E-state index contributed by atoms with van der Waals surface area (Å²) in [5, 5.41) is 7.88. The average molecular weight is 281 g/mol. The highest BCUT2D eigenvalue weighted by atomic mass is 35.5. The van der Waals surface area contributed by atoms with Gasteiger partial charge in [-0.1, -0.05) is 23.7 Å². The molecule has 0 aliphatic heterocycles. The van der Waals surface area contributed by atoms with Crippen LogP contribution in [0.2, 0.25) is 5.02 Å². The molecule has 0 saturated heterocycles. The summed E-state index contributed by atoms with van der Waals surface area (Å²) in [5.74, 6) is 0.165. The Morgan fingerprint density at radius 1 is 1.37 bits per heavy atom. The Hall–Kier alpha value is -1.88. The smallest absolute Gasteiger partial charge is 0.340 e. The standard InChI is InChI=1S/C13H13ClN2O3/c1-7-5-4-6-10(11(7)14)13(17)18-8(2)12-16-15-9(3)19-12/h4-6,8H,1-3H3/t8-/m0/s1. The molecule has 1 aromatic carbocycles. The van der Waals surface area contributed by atoms with Crippen LogP contribution in [0.15, 0.2) is 22.6 Å². The molecule has 5 nitrogen and oxygen atoms in total. The van der Waals surface area contributed by atoms with Crippen LogP contribution in [0.1, 0.15) is 40.7 Å². The van der Waals surface area contributed by atoms with E-state index in [4.69, 9.17) is 20.8 Å². The van der Waals surface area contributed by atoms with Crippen LogP contribution in [0.5, 0.6) is 0 Å². The van der Waals surface area contributed by atoms with Gasteiger partial charge in [0.05, 0.1) is 10.6 Å². The summed E-state index contributed by atoms with van der Waals surface area (Å²) in [4.78, 5) is 12.0. The molecule has 0 N–H and O–H groups in total. The zero-order valence-corrected chi connectivity index (χ0v) is 11.6. The maximum absolute atomic E-state index is 12.0. The van der Waals surface area contributed by atoms with E-state index in [1.807, 2.05) is 13.0 Å². The second-order valence-electron chi connectivity index (χ2n) is 4.14. The van der Waals surface area contributed by atoms with Gasteiger partial charge in [0.25, 0.3) is 5.89 Å². The van der Waals surface area contributed by atoms with Crippen LogP contribution in [0.3, 0.4) is 0 Å². The Morgan fingerprint density at radius 3 is 2.74 bits per heavy atom. The van der Waals surface area contributed by atoms with Gasteiger partial charge in [-0.15, -0.1) is 10.2 Å². The van der Waals surface area contributed by atoms with Crippen molar-refractivity contribution < 1.29 is 13.9 Å². The lowest BCUT2D eigenvalue weighted by Gasteiger charge is -2.11. The molecule has 2 aromatic rings. The molecule has 0 unspecified atom stereocenters. The number of hydrogen-bond donors (Lipinski definition) is 0. The van der Waals surface area contributed by atoms with Crippen molar-refractivity contribution in [2.75, 3.05) is 0 Å². The predicted octanol–water partition coefficient (Wildman–Crippen LogP) is 3.26. The average Bonchev–Trinajstić information content (AvgIpc) is 2.79. The van der Waals surface area contributed by atoms with Gasteiger partial charge in [-0.05, 0) is 25.5 Å². The van der Waals surface area contributed by atoms with Crippen molar-refractivity contribution in [3.05, 3.63) is 46.1 Å². The molecule has 0 aliphatic rings. The Morgan fingerprint density at radius 2 is 2.11 bits per heavy atom. The van der Waals surface area contributed by atoms with Crippen molar-refractivity contribution in [1.82, 2.24) is 10.2 Å². The largest absolute Gasteiger partial charge is 0.449 e. The number of carbonyl (C=O) groups excluding carboxylic acids is 1. The maximum Gasteiger partial charge on any atom is 0.340 e. The van der Waals surface area contributed by atoms with Crippen LogP contribution < -0.4 is 0 Å². The molecule has 0 aliphatic carbocycles. The number of benzene rings is 1. The lowest BCUT2D eigenvalue weighted by molar-refractivity contribution is 0.0277. The van der Waals surface area contributed by atoms with Gasteiger partial charge in [0.1, 0.15) is 0 Å². The zero-order valence-electron chi connectivity index (χ0n) is 10.8. The van der Waals surface area contributed by atoms with Crippen LogP contribution in [0, 0.1) is 13.8 Å². The van der Waals surface area contributed by atoms with E-state index < -0.39 is 12.1 Å². The minimum Gasteiger partial charge on any atom is -0.449 e. The molecule has 1 heterocycles. The number of aryl methyl sites for hydroxylation is 2. The third kappa shape index (κ3) is 2.93. The van der Waals surface area contributed by atoms with Crippen molar-refractivity contribution in [1.29, 1.82) is 0 Å². The highest BCUT2D eigenvalue weighted by Gasteiger charge is 2.20. The lowest BCUT2D eigenvalue weighted by Crippen LogP contribution is -2.10. The van der Waals surface area contributed by atoms with Crippen LogP contribution >= 0.6 is 11.6 Å². The van der Waals surface area contributed by atoms with Gasteiger partial charge in [0.2, 0.25) is 5.89 Å². The van der Waals surface area contributed by atoms with E-state index in [0.717, 1.165) is 5.56 Å². The third-order valence-corrected chi connectivity index (χ3v) is 3.09. The third-order valence-electron chi connectivity index (χ3n) is 2.58. The summed E-state index contributed by atoms with van der Waals surface area (Å²) in [6, 6.07) is 5.19. The second-order valence-corrected chi connectivity index (χ2v) is 4.52. The summed E-state index contributed by atoms with van der Waals surface area (Å²) >= 11 is 6.07. The number of aromatic nitrogens is 2. The Kier molecular flexibility index (Phi) is 3.85. The van der Waals surface area contributed by atoms with Gasteiger partial charge in [0.15, 0.2) is 6.10 Å². The molecule has 6 heteroatoms. The van der Waals surface area contributed by atoms with Crippen molar-refractivity contribution in [3.8, 4) is 0 Å². The Bertz CT molecular complexity index is 610. The zero-order chi connectivity index (χ0) is 14.0.